The first-order valence-electron chi connectivity index (χ1n) is 5.47. The minimum absolute atomic E-state index is 0.111. The average molecular weight is 176 g/mol. The Balaban J connectivity index is 1.99. The van der Waals surface area contributed by atoms with E-state index in [-0.39, 0.29) is 5.41 Å². The summed E-state index contributed by atoms with van der Waals surface area (Å²) < 4.78 is 0. The van der Waals surface area contributed by atoms with Crippen LogP contribution in [0.1, 0.15) is 40.0 Å². The first kappa shape index (κ1) is 7.03. The second-order valence-electron chi connectivity index (χ2n) is 6.51. The minimum atomic E-state index is 0.111. The standard InChI is InChI=1S/C12H16O/c1-9-6-11(3)10(2)5-7(4-8(9)13)12(9,10)11/h7H,4-6H2,1-3H3. The van der Waals surface area contributed by atoms with E-state index in [2.05, 4.69) is 20.8 Å². The third-order valence-corrected chi connectivity index (χ3v) is 6.79. The van der Waals surface area contributed by atoms with Gasteiger partial charge in [-0.3, -0.25) is 4.79 Å². The van der Waals surface area contributed by atoms with Crippen molar-refractivity contribution in [2.24, 2.45) is 27.6 Å². The van der Waals surface area contributed by atoms with E-state index in [1.807, 2.05) is 0 Å². The lowest BCUT2D eigenvalue weighted by Gasteiger charge is -2.50. The van der Waals surface area contributed by atoms with Crippen molar-refractivity contribution < 1.29 is 4.79 Å². The van der Waals surface area contributed by atoms with E-state index in [9.17, 15) is 4.79 Å². The Morgan fingerprint density at radius 1 is 1.23 bits per heavy atom. The monoisotopic (exact) mass is 176 g/mol. The SMILES string of the molecule is CC12CC3(C)C4(C)CC(CC1=O)C243. The predicted octanol–water partition coefficient (Wildman–Crippen LogP) is 2.40. The third kappa shape index (κ3) is 0.296. The molecule has 13 heavy (non-hydrogen) atoms. The molecule has 5 unspecified atom stereocenters. The van der Waals surface area contributed by atoms with Gasteiger partial charge in [-0.1, -0.05) is 20.8 Å². The van der Waals surface area contributed by atoms with Crippen molar-refractivity contribution >= 4 is 5.78 Å². The number of Topliss-reactive ketones (excluding diaryl/α,β-unsaturated/α-hetero) is 1. The molecule has 0 saturated heterocycles. The molecule has 0 radical (unpaired) electrons. The summed E-state index contributed by atoms with van der Waals surface area (Å²) in [6.45, 7) is 7.09. The molecular formula is C12H16O. The minimum Gasteiger partial charge on any atom is -0.299 e. The highest BCUT2D eigenvalue weighted by molar-refractivity contribution is 5.94. The van der Waals surface area contributed by atoms with Crippen LogP contribution in [0.5, 0.6) is 0 Å². The van der Waals surface area contributed by atoms with E-state index < -0.39 is 0 Å². The fraction of sp³-hybridized carbons (Fsp3) is 0.917. The summed E-state index contributed by atoms with van der Waals surface area (Å²) in [5.74, 6) is 1.35. The van der Waals surface area contributed by atoms with E-state index in [4.69, 9.17) is 0 Å². The van der Waals surface area contributed by atoms with Gasteiger partial charge in [0.05, 0.1) is 0 Å². The maximum absolute atomic E-state index is 11.9. The van der Waals surface area contributed by atoms with Gasteiger partial charge in [-0.25, -0.2) is 0 Å². The molecule has 4 fully saturated rings. The van der Waals surface area contributed by atoms with Crippen LogP contribution in [0.2, 0.25) is 0 Å². The number of hydrogen-bond donors (Lipinski definition) is 0. The zero-order valence-corrected chi connectivity index (χ0v) is 8.61. The zero-order chi connectivity index (χ0) is 9.28. The second kappa shape index (κ2) is 1.24. The lowest BCUT2D eigenvalue weighted by molar-refractivity contribution is -0.136. The summed E-state index contributed by atoms with van der Waals surface area (Å²) in [5, 5.41) is 0. The lowest BCUT2D eigenvalue weighted by atomic mass is 9.52. The van der Waals surface area contributed by atoms with Crippen LogP contribution in [-0.2, 0) is 4.79 Å². The summed E-state index contributed by atoms with van der Waals surface area (Å²) in [7, 11) is 0. The molecule has 0 amide bonds. The molecule has 4 aliphatic carbocycles. The zero-order valence-electron chi connectivity index (χ0n) is 8.61. The molecule has 4 rings (SSSR count). The Bertz CT molecular complexity index is 363. The third-order valence-electron chi connectivity index (χ3n) is 6.79. The van der Waals surface area contributed by atoms with Crippen molar-refractivity contribution in [2.45, 2.75) is 40.0 Å². The van der Waals surface area contributed by atoms with Gasteiger partial charge in [0.2, 0.25) is 0 Å². The molecule has 1 heteroatoms. The van der Waals surface area contributed by atoms with E-state index in [1.54, 1.807) is 0 Å². The number of fused-ring (bicyclic) bond motifs is 1. The molecular weight excluding hydrogens is 160 g/mol. The van der Waals surface area contributed by atoms with Gasteiger partial charge in [0, 0.05) is 11.8 Å². The van der Waals surface area contributed by atoms with Gasteiger partial charge >= 0.3 is 0 Å². The van der Waals surface area contributed by atoms with Crippen molar-refractivity contribution in [1.82, 2.24) is 0 Å². The van der Waals surface area contributed by atoms with Crippen LogP contribution in [0, 0.1) is 27.6 Å². The highest BCUT2D eigenvalue weighted by atomic mass is 16.1. The van der Waals surface area contributed by atoms with Crippen LogP contribution in [0.4, 0.5) is 0 Å². The summed E-state index contributed by atoms with van der Waals surface area (Å²) in [4.78, 5) is 11.9. The van der Waals surface area contributed by atoms with Gasteiger partial charge in [-0.2, -0.15) is 0 Å². The molecule has 1 nitrogen and oxygen atoms in total. The van der Waals surface area contributed by atoms with E-state index in [1.165, 1.54) is 12.8 Å². The van der Waals surface area contributed by atoms with Crippen LogP contribution in [0.25, 0.3) is 0 Å². The highest BCUT2D eigenvalue weighted by Gasteiger charge is 3.03. The Labute approximate surface area is 78.9 Å². The first-order valence-corrected chi connectivity index (χ1v) is 5.47. The average Bonchev–Trinajstić information content (AvgIpc) is 2.16. The highest BCUT2D eigenvalue weighted by Crippen LogP contribution is 3.06. The van der Waals surface area contributed by atoms with Gasteiger partial charge in [0.1, 0.15) is 5.78 Å². The summed E-state index contributed by atoms with van der Waals surface area (Å²) >= 11 is 0. The van der Waals surface area contributed by atoms with E-state index in [0.29, 0.717) is 22.0 Å². The maximum Gasteiger partial charge on any atom is 0.139 e. The molecule has 0 aromatic carbocycles. The molecule has 0 aliphatic heterocycles. The number of hydrogen-bond acceptors (Lipinski definition) is 1. The molecule has 0 aromatic rings. The number of ketones is 1. The number of carbonyl (C=O) groups is 1. The van der Waals surface area contributed by atoms with Gasteiger partial charge in [0.15, 0.2) is 0 Å². The topological polar surface area (TPSA) is 17.1 Å². The molecule has 4 saturated carbocycles. The van der Waals surface area contributed by atoms with Crippen LogP contribution in [0.3, 0.4) is 0 Å². The van der Waals surface area contributed by atoms with Crippen LogP contribution in [0.15, 0.2) is 0 Å². The fourth-order valence-electron chi connectivity index (χ4n) is 6.64. The van der Waals surface area contributed by atoms with Gasteiger partial charge in [-0.05, 0) is 35.0 Å². The summed E-state index contributed by atoms with van der Waals surface area (Å²) in [6.07, 6.45) is 3.43. The quantitative estimate of drug-likeness (QED) is 0.554. The Morgan fingerprint density at radius 3 is 2.31 bits per heavy atom. The molecule has 5 atom stereocenters. The van der Waals surface area contributed by atoms with Gasteiger partial charge < -0.3 is 0 Å². The van der Waals surface area contributed by atoms with Gasteiger partial charge in [-0.15, -0.1) is 0 Å². The molecule has 0 aromatic heterocycles. The number of rotatable bonds is 0. The largest absolute Gasteiger partial charge is 0.299 e. The Kier molecular flexibility index (Phi) is 0.673. The second-order valence-corrected chi connectivity index (χ2v) is 6.51. The molecule has 70 valence electrons. The molecule has 1 spiro atoms. The molecule has 4 aliphatic rings. The van der Waals surface area contributed by atoms with Crippen molar-refractivity contribution in [2.75, 3.05) is 0 Å². The van der Waals surface area contributed by atoms with Crippen LogP contribution in [-0.4, -0.2) is 5.78 Å². The molecule has 0 heterocycles. The van der Waals surface area contributed by atoms with Crippen molar-refractivity contribution in [3.8, 4) is 0 Å². The van der Waals surface area contributed by atoms with E-state index >= 15 is 0 Å². The van der Waals surface area contributed by atoms with E-state index in [0.717, 1.165) is 12.3 Å². The lowest BCUT2D eigenvalue weighted by Crippen LogP contribution is -2.49. The normalized spacial score (nSPS) is 76.5. The molecule has 0 N–H and O–H groups in total. The van der Waals surface area contributed by atoms with Crippen molar-refractivity contribution in [3.05, 3.63) is 0 Å². The smallest absolute Gasteiger partial charge is 0.139 e. The Morgan fingerprint density at radius 2 is 1.92 bits per heavy atom. The van der Waals surface area contributed by atoms with Crippen LogP contribution >= 0.6 is 0 Å². The Hall–Kier alpha value is -0.330. The molecule has 0 bridgehead atoms. The van der Waals surface area contributed by atoms with Crippen LogP contribution < -0.4 is 0 Å². The van der Waals surface area contributed by atoms with Crippen molar-refractivity contribution in [1.29, 1.82) is 0 Å². The first-order chi connectivity index (χ1) is 5.94. The number of carbonyl (C=O) groups excluding carboxylic acids is 1. The predicted molar refractivity (Wildman–Crippen MR) is 49.1 cm³/mol. The maximum atomic E-state index is 11.9. The fourth-order valence-corrected chi connectivity index (χ4v) is 6.64. The van der Waals surface area contributed by atoms with Gasteiger partial charge in [0.25, 0.3) is 0 Å². The summed E-state index contributed by atoms with van der Waals surface area (Å²) in [6, 6.07) is 0. The van der Waals surface area contributed by atoms with Crippen molar-refractivity contribution in [3.63, 3.8) is 0 Å². The summed E-state index contributed by atoms with van der Waals surface area (Å²) in [5.41, 5.74) is 1.72.